The van der Waals surface area contributed by atoms with E-state index in [1.807, 2.05) is 13.8 Å². The summed E-state index contributed by atoms with van der Waals surface area (Å²) in [7, 11) is 1.41. The number of pyridine rings is 1. The van der Waals surface area contributed by atoms with Crippen LogP contribution in [0.15, 0.2) is 82.4 Å². The normalized spacial score (nSPS) is 23.1. The molecule has 2 atom stereocenters. The maximum atomic E-state index is 15.2. The van der Waals surface area contributed by atoms with E-state index >= 15 is 4.39 Å². The van der Waals surface area contributed by atoms with E-state index in [1.165, 1.54) is 37.3 Å². The molecule has 3 aliphatic carbocycles. The Balaban J connectivity index is 1.55. The molecular formula is C36H35F7N2O5. The number of halogens is 7. The first-order valence-electron chi connectivity index (χ1n) is 15.8. The number of nitrogens with zero attached hydrogens (tertiary/aromatic N) is 2. The molecule has 1 aliphatic heterocycles. The molecule has 5 rings (SSSR count). The zero-order valence-electron chi connectivity index (χ0n) is 27.6. The van der Waals surface area contributed by atoms with E-state index in [1.54, 1.807) is 6.07 Å². The predicted octanol–water partition coefficient (Wildman–Crippen LogP) is 9.22. The third-order valence-electron chi connectivity index (χ3n) is 9.31. The molecule has 14 heteroatoms. The number of methoxy groups -OCH3 is 1. The van der Waals surface area contributed by atoms with Gasteiger partial charge in [-0.2, -0.15) is 26.3 Å². The molecule has 268 valence electrons. The lowest BCUT2D eigenvalue weighted by Crippen LogP contribution is -2.37. The fourth-order valence-electron chi connectivity index (χ4n) is 6.59. The van der Waals surface area contributed by atoms with Gasteiger partial charge in [-0.25, -0.2) is 19.0 Å². The van der Waals surface area contributed by atoms with Crippen molar-refractivity contribution in [1.29, 1.82) is 0 Å². The number of cyclic esters (lactones) is 1. The second kappa shape index (κ2) is 13.6. The van der Waals surface area contributed by atoms with Crippen molar-refractivity contribution < 1.29 is 54.9 Å². The van der Waals surface area contributed by atoms with E-state index < -0.39 is 65.5 Å². The van der Waals surface area contributed by atoms with Gasteiger partial charge >= 0.3 is 24.4 Å². The van der Waals surface area contributed by atoms with Gasteiger partial charge in [-0.05, 0) is 79.0 Å². The van der Waals surface area contributed by atoms with E-state index in [9.17, 15) is 41.0 Å². The molecule has 4 aliphatic rings. The highest BCUT2D eigenvalue weighted by Crippen LogP contribution is 2.46. The van der Waals surface area contributed by atoms with Crippen molar-refractivity contribution in [2.24, 2.45) is 5.41 Å². The molecule has 1 unspecified atom stereocenters. The number of aliphatic carboxylic acids is 1. The van der Waals surface area contributed by atoms with E-state index in [0.717, 1.165) is 17.2 Å². The van der Waals surface area contributed by atoms with E-state index in [4.69, 9.17) is 9.47 Å². The first-order valence-corrected chi connectivity index (χ1v) is 15.8. The Morgan fingerprint density at radius 3 is 2.46 bits per heavy atom. The lowest BCUT2D eigenvalue weighted by molar-refractivity contribution is -0.132. The lowest BCUT2D eigenvalue weighted by atomic mass is 9.72. The minimum Gasteiger partial charge on any atom is -0.481 e. The molecule has 0 saturated carbocycles. The van der Waals surface area contributed by atoms with Crippen LogP contribution in [0.4, 0.5) is 35.5 Å². The van der Waals surface area contributed by atoms with Gasteiger partial charge in [-0.3, -0.25) is 4.90 Å². The van der Waals surface area contributed by atoms with Crippen molar-refractivity contribution in [2.75, 3.05) is 13.7 Å². The summed E-state index contributed by atoms with van der Waals surface area (Å²) in [5, 5.41) is 9.39. The molecule has 7 nitrogen and oxygen atoms in total. The van der Waals surface area contributed by atoms with Crippen LogP contribution in [-0.2, 0) is 9.53 Å². The Bertz CT molecular complexity index is 1810. The van der Waals surface area contributed by atoms with Crippen LogP contribution in [0.5, 0.6) is 5.88 Å². The van der Waals surface area contributed by atoms with Crippen molar-refractivity contribution in [3.05, 3.63) is 93.5 Å². The maximum Gasteiger partial charge on any atom is 0.416 e. The number of carboxylic acids is 1. The number of ether oxygens (including phenoxy) is 2. The van der Waals surface area contributed by atoms with Crippen LogP contribution in [-0.4, -0.2) is 65.2 Å². The third kappa shape index (κ3) is 7.73. The third-order valence-corrected chi connectivity index (χ3v) is 9.31. The highest BCUT2D eigenvalue weighted by Gasteiger charge is 2.45. The van der Waals surface area contributed by atoms with E-state index in [2.05, 4.69) is 4.98 Å². The number of alkyl halides is 6. The summed E-state index contributed by atoms with van der Waals surface area (Å²) in [6.07, 6.45) is -4.72. The van der Waals surface area contributed by atoms with E-state index in [0.29, 0.717) is 48.6 Å². The monoisotopic (exact) mass is 708 g/mol. The van der Waals surface area contributed by atoms with Gasteiger partial charge in [0.25, 0.3) is 0 Å². The van der Waals surface area contributed by atoms with Crippen molar-refractivity contribution in [2.45, 2.75) is 77.4 Å². The average molecular weight is 709 g/mol. The van der Waals surface area contributed by atoms with Crippen LogP contribution in [0, 0.1) is 5.41 Å². The zero-order valence-corrected chi connectivity index (χ0v) is 27.6. The molecule has 1 N–H and O–H groups in total. The number of carbonyl (C=O) groups excluding carboxylic acids is 1. The van der Waals surface area contributed by atoms with Crippen LogP contribution in [0.1, 0.15) is 64.0 Å². The summed E-state index contributed by atoms with van der Waals surface area (Å²) in [6.45, 7) is 5.49. The van der Waals surface area contributed by atoms with Gasteiger partial charge in [0.2, 0.25) is 5.88 Å². The van der Waals surface area contributed by atoms with Crippen LogP contribution in [0.3, 0.4) is 0 Å². The fourth-order valence-corrected chi connectivity index (χ4v) is 6.59. The summed E-state index contributed by atoms with van der Waals surface area (Å²) in [6, 6.07) is 0.709. The van der Waals surface area contributed by atoms with Crippen molar-refractivity contribution in [3.63, 3.8) is 0 Å². The molecule has 0 aromatic carbocycles. The van der Waals surface area contributed by atoms with Gasteiger partial charge in [-0.1, -0.05) is 32.1 Å². The maximum absolute atomic E-state index is 15.2. The minimum absolute atomic E-state index is 0.00309. The van der Waals surface area contributed by atoms with Gasteiger partial charge in [0.15, 0.2) is 0 Å². The van der Waals surface area contributed by atoms with Gasteiger partial charge in [0.05, 0.1) is 18.7 Å². The van der Waals surface area contributed by atoms with Crippen LogP contribution < -0.4 is 4.74 Å². The molecule has 50 heavy (non-hydrogen) atoms. The number of amides is 1. The standard InChI is InChI=1S/C36H35F7N2O5/c1-19-30(21-13-24(35(38,39)40)7-8-25(14-21)36(41,42)43)50-33(48)45(19)18-23-16-34(2,3)12-11-26(23)28-15-22(17-44-31(28)49-4)27-9-5-20(32(46)47)6-10-29(27)37/h5,7,9-10,13-15,17,19,30H,6,8,11-12,16,18H2,1-4H3,(H,46,47)/t19-,30?/m0/s1. The van der Waals surface area contributed by atoms with Gasteiger partial charge in [-0.15, -0.1) is 0 Å². The Morgan fingerprint density at radius 2 is 1.82 bits per heavy atom. The molecule has 1 aromatic heterocycles. The molecule has 1 saturated heterocycles. The number of allylic oxidation sites excluding steroid dienone is 10. The van der Waals surface area contributed by atoms with Crippen LogP contribution in [0.25, 0.3) is 11.1 Å². The topological polar surface area (TPSA) is 89.0 Å². The van der Waals surface area contributed by atoms with Crippen molar-refractivity contribution in [1.82, 2.24) is 9.88 Å². The first kappa shape index (κ1) is 36.7. The number of carboxylic acid groups (broad SMARTS) is 1. The number of hydrogen-bond acceptors (Lipinski definition) is 5. The minimum atomic E-state index is -4.93. The fraction of sp³-hybridized carbons (Fsp3) is 0.417. The molecule has 0 spiro atoms. The molecule has 1 aromatic rings. The summed E-state index contributed by atoms with van der Waals surface area (Å²) in [5.41, 5.74) is -0.746. The Kier molecular flexibility index (Phi) is 9.97. The smallest absolute Gasteiger partial charge is 0.416 e. The predicted molar refractivity (Wildman–Crippen MR) is 170 cm³/mol. The number of hydrogen-bond donors (Lipinski definition) is 1. The van der Waals surface area contributed by atoms with Crippen LogP contribution in [0.2, 0.25) is 0 Å². The average Bonchev–Trinajstić information content (AvgIpc) is 3.22. The largest absolute Gasteiger partial charge is 0.481 e. The lowest BCUT2D eigenvalue weighted by Gasteiger charge is -2.35. The molecule has 1 fully saturated rings. The van der Waals surface area contributed by atoms with Gasteiger partial charge < -0.3 is 14.6 Å². The van der Waals surface area contributed by atoms with Crippen molar-refractivity contribution in [3.8, 4) is 5.88 Å². The first-order chi connectivity index (χ1) is 23.3. The number of carbonyl (C=O) groups is 2. The summed E-state index contributed by atoms with van der Waals surface area (Å²) < 4.78 is 109. The second-order valence-corrected chi connectivity index (χ2v) is 13.4. The summed E-state index contributed by atoms with van der Waals surface area (Å²) in [5.74, 6) is -1.62. The number of rotatable bonds is 7. The van der Waals surface area contributed by atoms with Gasteiger partial charge in [0, 0.05) is 47.0 Å². The summed E-state index contributed by atoms with van der Waals surface area (Å²) in [4.78, 5) is 30.5. The molecule has 2 heterocycles. The summed E-state index contributed by atoms with van der Waals surface area (Å²) >= 11 is 0. The molecular weight excluding hydrogens is 673 g/mol. The molecule has 1 amide bonds. The number of aromatic nitrogens is 1. The highest BCUT2D eigenvalue weighted by molar-refractivity contribution is 5.90. The van der Waals surface area contributed by atoms with Gasteiger partial charge in [0.1, 0.15) is 11.9 Å². The molecule has 0 bridgehead atoms. The van der Waals surface area contributed by atoms with Crippen molar-refractivity contribution >= 4 is 23.2 Å². The Labute approximate surface area is 283 Å². The SMILES string of the molecule is COc1ncc(C2=CC=C(C(=O)O)CC=C2F)cc1C1=C(CN2C(=O)OC(C3=CC(C(F)(F)F)=CCC(C(F)(F)F)=C3)[C@@H]2C)CC(C)(C)CC1. The zero-order chi connectivity index (χ0) is 36.8. The quantitative estimate of drug-likeness (QED) is 0.284. The Hall–Kier alpha value is -4.62. The second-order valence-electron chi connectivity index (χ2n) is 13.4. The van der Waals surface area contributed by atoms with E-state index in [-0.39, 0.29) is 35.4 Å². The highest BCUT2D eigenvalue weighted by atomic mass is 19.4. The molecule has 0 radical (unpaired) electrons. The van der Waals surface area contributed by atoms with Crippen LogP contribution >= 0.6 is 0 Å². The Morgan fingerprint density at radius 1 is 1.10 bits per heavy atom.